The second-order valence-corrected chi connectivity index (χ2v) is 5.00. The molecule has 9 heteroatoms. The number of hydrogen-bond donors (Lipinski definition) is 3. The van der Waals surface area contributed by atoms with Gasteiger partial charge in [-0.2, -0.15) is 0 Å². The number of carbonyl (C=O) groups excluding carboxylic acids is 1. The number of anilines is 1. The zero-order chi connectivity index (χ0) is 15.4. The smallest absolute Gasteiger partial charge is 0.348 e. The third-order valence-corrected chi connectivity index (χ3v) is 3.31. The van der Waals surface area contributed by atoms with Crippen LogP contribution >= 0.6 is 11.8 Å². The Morgan fingerprint density at radius 2 is 2.24 bits per heavy atom. The number of aliphatic carboxylic acids is 1. The van der Waals surface area contributed by atoms with Gasteiger partial charge in [-0.3, -0.25) is 9.59 Å². The maximum Gasteiger partial charge on any atom is 0.348 e. The number of carboxylic acid groups (broad SMARTS) is 1. The number of hydrogen-bond acceptors (Lipinski definition) is 5. The second kappa shape index (κ2) is 6.27. The molecule has 0 spiro atoms. The fourth-order valence-electron chi connectivity index (χ4n) is 1.66. The van der Waals surface area contributed by atoms with Gasteiger partial charge in [-0.05, 0) is 18.2 Å². The topological polar surface area (TPSA) is 117 Å². The molecule has 0 bridgehead atoms. The fourth-order valence-corrected chi connectivity index (χ4v) is 2.34. The highest BCUT2D eigenvalue weighted by Crippen LogP contribution is 2.19. The molecule has 0 atom stereocenters. The number of carboxylic acids is 1. The van der Waals surface area contributed by atoms with Crippen molar-refractivity contribution < 1.29 is 14.7 Å². The van der Waals surface area contributed by atoms with Gasteiger partial charge in [-0.25, -0.2) is 14.5 Å². The van der Waals surface area contributed by atoms with Crippen molar-refractivity contribution in [3.63, 3.8) is 0 Å². The van der Waals surface area contributed by atoms with Crippen LogP contribution < -0.4 is 11.0 Å². The Bertz CT molecular complexity index is 737. The first-order valence-electron chi connectivity index (χ1n) is 5.87. The van der Waals surface area contributed by atoms with E-state index in [2.05, 4.69) is 15.5 Å². The summed E-state index contributed by atoms with van der Waals surface area (Å²) in [5.41, 5.74) is 0.526. The van der Waals surface area contributed by atoms with Crippen molar-refractivity contribution in [3.05, 3.63) is 34.7 Å². The van der Waals surface area contributed by atoms with Crippen molar-refractivity contribution in [1.29, 1.82) is 0 Å². The summed E-state index contributed by atoms with van der Waals surface area (Å²) in [4.78, 5) is 33.5. The van der Waals surface area contributed by atoms with E-state index in [4.69, 9.17) is 5.11 Å². The quantitative estimate of drug-likeness (QED) is 0.700. The Hall–Kier alpha value is -2.55. The molecule has 3 N–H and O–H groups in total. The van der Waals surface area contributed by atoms with Gasteiger partial charge in [0.05, 0.1) is 11.4 Å². The number of amides is 1. The number of nitrogens with one attached hydrogen (secondary N) is 2. The molecule has 2 aromatic rings. The Labute approximate surface area is 123 Å². The Balaban J connectivity index is 2.37. The molecular formula is C12H12N4O4S. The van der Waals surface area contributed by atoms with Gasteiger partial charge >= 0.3 is 11.7 Å². The molecule has 2 rings (SSSR count). The predicted octanol–water partition coefficient (Wildman–Crippen LogP) is 0.696. The van der Waals surface area contributed by atoms with Gasteiger partial charge in [-0.1, -0.05) is 17.8 Å². The van der Waals surface area contributed by atoms with Crippen molar-refractivity contribution in [2.75, 3.05) is 11.1 Å². The Morgan fingerprint density at radius 3 is 2.90 bits per heavy atom. The number of nitrogens with zero attached hydrogens (tertiary/aromatic N) is 2. The van der Waals surface area contributed by atoms with Gasteiger partial charge in [0.25, 0.3) is 0 Å². The number of H-pyrrole nitrogens is 1. The van der Waals surface area contributed by atoms with Crippen molar-refractivity contribution in [3.8, 4) is 5.69 Å². The van der Waals surface area contributed by atoms with Gasteiger partial charge in [0.2, 0.25) is 5.91 Å². The van der Waals surface area contributed by atoms with Crippen LogP contribution in [0.2, 0.25) is 0 Å². The van der Waals surface area contributed by atoms with Crippen LogP contribution in [0.5, 0.6) is 0 Å². The van der Waals surface area contributed by atoms with E-state index in [0.717, 1.165) is 11.8 Å². The molecular weight excluding hydrogens is 296 g/mol. The van der Waals surface area contributed by atoms with Crippen molar-refractivity contribution in [2.24, 2.45) is 0 Å². The summed E-state index contributed by atoms with van der Waals surface area (Å²) in [5, 5.41) is 17.6. The van der Waals surface area contributed by atoms with E-state index in [1.54, 1.807) is 24.3 Å². The second-order valence-electron chi connectivity index (χ2n) is 4.06. The number of rotatable bonds is 5. The van der Waals surface area contributed by atoms with E-state index < -0.39 is 11.7 Å². The summed E-state index contributed by atoms with van der Waals surface area (Å²) in [7, 11) is 0. The lowest BCUT2D eigenvalue weighted by molar-refractivity contribution is -0.133. The van der Waals surface area contributed by atoms with E-state index in [1.807, 2.05) is 0 Å². The molecule has 21 heavy (non-hydrogen) atoms. The van der Waals surface area contributed by atoms with E-state index in [0.29, 0.717) is 11.4 Å². The number of aromatic amines is 1. The molecule has 0 fully saturated rings. The zero-order valence-corrected chi connectivity index (χ0v) is 11.8. The molecule has 8 nitrogen and oxygen atoms in total. The minimum absolute atomic E-state index is 0.213. The summed E-state index contributed by atoms with van der Waals surface area (Å²) >= 11 is 0.924. The van der Waals surface area contributed by atoms with Crippen molar-refractivity contribution >= 4 is 29.3 Å². The minimum atomic E-state index is -1.01. The van der Waals surface area contributed by atoms with Crippen LogP contribution in [0.15, 0.2) is 34.2 Å². The molecule has 1 aromatic heterocycles. The van der Waals surface area contributed by atoms with Crippen molar-refractivity contribution in [1.82, 2.24) is 14.8 Å². The molecule has 0 aliphatic heterocycles. The number of benzene rings is 1. The third-order valence-electron chi connectivity index (χ3n) is 2.39. The van der Waals surface area contributed by atoms with E-state index in [1.165, 1.54) is 11.5 Å². The van der Waals surface area contributed by atoms with Crippen LogP contribution in [-0.2, 0) is 9.59 Å². The highest BCUT2D eigenvalue weighted by molar-refractivity contribution is 7.99. The van der Waals surface area contributed by atoms with E-state index >= 15 is 0 Å². The minimum Gasteiger partial charge on any atom is -0.481 e. The molecule has 0 saturated heterocycles. The average Bonchev–Trinajstić information content (AvgIpc) is 2.77. The lowest BCUT2D eigenvalue weighted by Crippen LogP contribution is -2.16. The molecule has 0 aliphatic carbocycles. The van der Waals surface area contributed by atoms with Gasteiger partial charge in [-0.15, -0.1) is 5.10 Å². The lowest BCUT2D eigenvalue weighted by atomic mass is 10.2. The number of thioether (sulfide) groups is 1. The van der Waals surface area contributed by atoms with Gasteiger partial charge in [0.1, 0.15) is 0 Å². The Kier molecular flexibility index (Phi) is 4.43. The summed E-state index contributed by atoms with van der Waals surface area (Å²) in [6, 6.07) is 6.61. The maximum absolute atomic E-state index is 11.8. The fraction of sp³-hybridized carbons (Fsp3) is 0.167. The molecule has 0 saturated carbocycles. The first-order valence-corrected chi connectivity index (χ1v) is 6.86. The molecule has 0 aliphatic rings. The van der Waals surface area contributed by atoms with Crippen LogP contribution in [0.1, 0.15) is 6.92 Å². The van der Waals surface area contributed by atoms with Crippen LogP contribution in [0, 0.1) is 0 Å². The Morgan fingerprint density at radius 1 is 1.48 bits per heavy atom. The number of carbonyl (C=O) groups is 2. The molecule has 110 valence electrons. The third kappa shape index (κ3) is 3.72. The molecule has 1 heterocycles. The molecule has 1 amide bonds. The summed E-state index contributed by atoms with van der Waals surface area (Å²) < 4.78 is 1.25. The highest BCUT2D eigenvalue weighted by Gasteiger charge is 2.13. The standard InChI is InChI=1S/C12H12N4O4S/c1-7(17)13-8-3-2-4-9(5-8)16-11(20)14-15-12(16)21-6-10(18)19/h2-5H,6H2,1H3,(H,13,17)(H,14,20)(H,18,19). The first kappa shape index (κ1) is 14.9. The average molecular weight is 308 g/mol. The molecule has 0 radical (unpaired) electrons. The van der Waals surface area contributed by atoms with Crippen LogP contribution in [-0.4, -0.2) is 37.5 Å². The zero-order valence-electron chi connectivity index (χ0n) is 11.0. The maximum atomic E-state index is 11.8. The summed E-state index contributed by atoms with van der Waals surface area (Å²) in [5.74, 6) is -1.45. The molecule has 0 unspecified atom stereocenters. The van der Waals surface area contributed by atoms with Gasteiger partial charge in [0, 0.05) is 12.6 Å². The van der Waals surface area contributed by atoms with Crippen molar-refractivity contribution in [2.45, 2.75) is 12.1 Å². The lowest BCUT2D eigenvalue weighted by Gasteiger charge is -2.07. The van der Waals surface area contributed by atoms with Gasteiger partial charge < -0.3 is 10.4 Å². The normalized spacial score (nSPS) is 10.3. The number of aromatic nitrogens is 3. The largest absolute Gasteiger partial charge is 0.481 e. The predicted molar refractivity (Wildman–Crippen MR) is 76.8 cm³/mol. The van der Waals surface area contributed by atoms with Gasteiger partial charge in [0.15, 0.2) is 5.16 Å². The monoisotopic (exact) mass is 308 g/mol. The van der Waals surface area contributed by atoms with E-state index in [-0.39, 0.29) is 16.8 Å². The van der Waals surface area contributed by atoms with Crippen LogP contribution in [0.3, 0.4) is 0 Å². The first-order chi connectivity index (χ1) is 9.97. The SMILES string of the molecule is CC(=O)Nc1cccc(-n2c(SCC(=O)O)n[nH]c2=O)c1. The summed E-state index contributed by atoms with van der Waals surface area (Å²) in [6.07, 6.45) is 0. The van der Waals surface area contributed by atoms with E-state index in [9.17, 15) is 14.4 Å². The van der Waals surface area contributed by atoms with Crippen LogP contribution in [0.25, 0.3) is 5.69 Å². The highest BCUT2D eigenvalue weighted by atomic mass is 32.2. The molecule has 1 aromatic carbocycles. The van der Waals surface area contributed by atoms with Crippen LogP contribution in [0.4, 0.5) is 5.69 Å². The summed E-state index contributed by atoms with van der Waals surface area (Å²) in [6.45, 7) is 1.38.